The molecule has 0 aliphatic carbocycles. The molecule has 0 saturated carbocycles. The first-order valence-electron chi connectivity index (χ1n) is 3.96. The summed E-state index contributed by atoms with van der Waals surface area (Å²) in [6.45, 7) is -5.37. The minimum atomic E-state index is -5.07. The zero-order valence-corrected chi connectivity index (χ0v) is 7.51. The molecule has 0 unspecified atom stereocenters. The Labute approximate surface area is 79.4 Å². The van der Waals surface area contributed by atoms with E-state index in [0.29, 0.717) is 5.56 Å². The minimum absolute atomic E-state index is 0.246. The Morgan fingerprint density at radius 3 is 2.43 bits per heavy atom. The van der Waals surface area contributed by atoms with Crippen LogP contribution in [0.4, 0.5) is 12.9 Å². The molecule has 1 aromatic carbocycles. The summed E-state index contributed by atoms with van der Waals surface area (Å²) >= 11 is 0. The molecule has 0 fully saturated rings. The van der Waals surface area contributed by atoms with Crippen LogP contribution in [0.15, 0.2) is 18.2 Å². The van der Waals surface area contributed by atoms with Crippen molar-refractivity contribution in [2.75, 3.05) is 7.11 Å². The van der Waals surface area contributed by atoms with E-state index in [9.17, 15) is 12.9 Å². The van der Waals surface area contributed by atoms with Crippen LogP contribution in [0.3, 0.4) is 0 Å². The van der Waals surface area contributed by atoms with Gasteiger partial charge in [-0.2, -0.15) is 0 Å². The molecular formula is C8H9BF3O2-. The molecule has 0 bridgehead atoms. The van der Waals surface area contributed by atoms with E-state index in [-0.39, 0.29) is 12.4 Å². The Hall–Kier alpha value is -1.17. The van der Waals surface area contributed by atoms with Gasteiger partial charge < -0.3 is 22.8 Å². The number of hydrogen-bond acceptors (Lipinski definition) is 2. The Morgan fingerprint density at radius 2 is 2.00 bits per heavy atom. The van der Waals surface area contributed by atoms with Crippen molar-refractivity contribution in [2.45, 2.75) is 6.61 Å². The van der Waals surface area contributed by atoms with Gasteiger partial charge >= 0.3 is 6.98 Å². The van der Waals surface area contributed by atoms with Crippen LogP contribution in [0.25, 0.3) is 0 Å². The fraction of sp³-hybridized carbons (Fsp3) is 0.250. The number of benzene rings is 1. The van der Waals surface area contributed by atoms with Crippen LogP contribution in [-0.4, -0.2) is 19.2 Å². The topological polar surface area (TPSA) is 29.5 Å². The molecule has 2 nitrogen and oxygen atoms in total. The van der Waals surface area contributed by atoms with Gasteiger partial charge in [0.15, 0.2) is 0 Å². The molecule has 1 N–H and O–H groups in total. The highest BCUT2D eigenvalue weighted by Crippen LogP contribution is 2.19. The fourth-order valence-electron chi connectivity index (χ4n) is 1.12. The lowest BCUT2D eigenvalue weighted by Crippen LogP contribution is -2.35. The quantitative estimate of drug-likeness (QED) is 0.752. The van der Waals surface area contributed by atoms with Crippen molar-refractivity contribution in [3.63, 3.8) is 0 Å². The van der Waals surface area contributed by atoms with E-state index in [1.165, 1.54) is 19.2 Å². The summed E-state index contributed by atoms with van der Waals surface area (Å²) in [6.07, 6.45) is 0. The van der Waals surface area contributed by atoms with E-state index in [0.717, 1.165) is 6.07 Å². The molecule has 1 aromatic rings. The molecule has 6 heteroatoms. The second-order valence-corrected chi connectivity index (χ2v) is 2.81. The van der Waals surface area contributed by atoms with Gasteiger partial charge in [0.2, 0.25) is 0 Å². The monoisotopic (exact) mass is 205 g/mol. The standard InChI is InChI=1S/C8H9BF3O2/c1-14-8-4-6(5-13)2-3-7(8)9(10,11)12/h2-4,13H,5H2,1H3/q-1. The number of ether oxygens (including phenoxy) is 1. The molecule has 0 radical (unpaired) electrons. The first-order chi connectivity index (χ1) is 6.49. The van der Waals surface area contributed by atoms with Crippen LogP contribution in [0, 0.1) is 0 Å². The van der Waals surface area contributed by atoms with Crippen LogP contribution in [0.2, 0.25) is 0 Å². The lowest BCUT2D eigenvalue weighted by molar-refractivity contribution is 0.281. The van der Waals surface area contributed by atoms with E-state index in [1.54, 1.807) is 0 Å². The van der Waals surface area contributed by atoms with Gasteiger partial charge in [-0.05, 0) is 11.6 Å². The molecular weight excluding hydrogens is 196 g/mol. The molecule has 0 aliphatic heterocycles. The predicted molar refractivity (Wildman–Crippen MR) is 47.6 cm³/mol. The SMILES string of the molecule is COc1cc(CO)ccc1[B-](F)(F)F. The van der Waals surface area contributed by atoms with Gasteiger partial charge in [0.25, 0.3) is 0 Å². The van der Waals surface area contributed by atoms with Crippen molar-refractivity contribution in [1.82, 2.24) is 0 Å². The summed E-state index contributed by atoms with van der Waals surface area (Å²) in [6, 6.07) is 3.34. The molecule has 14 heavy (non-hydrogen) atoms. The van der Waals surface area contributed by atoms with Gasteiger partial charge in [-0.15, -0.1) is 0 Å². The van der Waals surface area contributed by atoms with Gasteiger partial charge in [-0.25, -0.2) is 0 Å². The summed E-state index contributed by atoms with van der Waals surface area (Å²) in [5, 5.41) is 8.72. The van der Waals surface area contributed by atoms with Crippen molar-refractivity contribution in [2.24, 2.45) is 0 Å². The zero-order valence-electron chi connectivity index (χ0n) is 7.51. The Balaban J connectivity index is 3.18. The minimum Gasteiger partial charge on any atom is -0.500 e. The maximum Gasteiger partial charge on any atom is 0.513 e. The smallest absolute Gasteiger partial charge is 0.500 e. The summed E-state index contributed by atoms with van der Waals surface area (Å²) in [5.41, 5.74) is -0.379. The summed E-state index contributed by atoms with van der Waals surface area (Å²) < 4.78 is 41.8. The zero-order chi connectivity index (χ0) is 10.8. The second kappa shape index (κ2) is 3.92. The van der Waals surface area contributed by atoms with E-state index in [1.807, 2.05) is 0 Å². The first-order valence-corrected chi connectivity index (χ1v) is 3.96. The highest BCUT2D eigenvalue weighted by atomic mass is 19.4. The second-order valence-electron chi connectivity index (χ2n) is 2.81. The summed E-state index contributed by atoms with van der Waals surface area (Å²) in [5.74, 6) is -0.246. The van der Waals surface area contributed by atoms with E-state index in [4.69, 9.17) is 5.11 Å². The van der Waals surface area contributed by atoms with Crippen LogP contribution >= 0.6 is 0 Å². The fourth-order valence-corrected chi connectivity index (χ4v) is 1.12. The number of hydrogen-bond donors (Lipinski definition) is 1. The average molecular weight is 205 g/mol. The highest BCUT2D eigenvalue weighted by Gasteiger charge is 2.29. The number of halogens is 3. The summed E-state index contributed by atoms with van der Waals surface area (Å²) in [7, 11) is 1.17. The normalized spacial score (nSPS) is 11.5. The molecule has 0 amide bonds. The number of aliphatic hydroxyl groups excluding tert-OH is 1. The molecule has 1 rings (SSSR count). The third kappa shape index (κ3) is 2.20. The molecule has 0 saturated heterocycles. The largest absolute Gasteiger partial charge is 0.513 e. The van der Waals surface area contributed by atoms with Gasteiger partial charge in [-0.3, -0.25) is 0 Å². The maximum atomic E-state index is 12.4. The Bertz CT molecular complexity index is 325. The highest BCUT2D eigenvalue weighted by molar-refractivity contribution is 6.74. The van der Waals surface area contributed by atoms with Crippen molar-refractivity contribution >= 4 is 12.4 Å². The molecule has 0 spiro atoms. The predicted octanol–water partition coefficient (Wildman–Crippen LogP) is 1.24. The van der Waals surface area contributed by atoms with Crippen molar-refractivity contribution in [3.05, 3.63) is 23.8 Å². The van der Waals surface area contributed by atoms with E-state index in [2.05, 4.69) is 4.74 Å². The number of methoxy groups -OCH3 is 1. The molecule has 0 atom stereocenters. The third-order valence-corrected chi connectivity index (χ3v) is 1.83. The van der Waals surface area contributed by atoms with E-state index < -0.39 is 12.4 Å². The molecule has 0 aliphatic rings. The molecule has 78 valence electrons. The lowest BCUT2D eigenvalue weighted by Gasteiger charge is -2.19. The van der Waals surface area contributed by atoms with Crippen molar-refractivity contribution < 1.29 is 22.8 Å². The van der Waals surface area contributed by atoms with Gasteiger partial charge in [0.05, 0.1) is 19.5 Å². The van der Waals surface area contributed by atoms with Crippen LogP contribution in [0.1, 0.15) is 5.56 Å². The number of aliphatic hydroxyl groups is 1. The molecule has 0 heterocycles. The van der Waals surface area contributed by atoms with Gasteiger partial charge in [0, 0.05) is 0 Å². The van der Waals surface area contributed by atoms with Crippen molar-refractivity contribution in [1.29, 1.82) is 0 Å². The van der Waals surface area contributed by atoms with Crippen LogP contribution < -0.4 is 10.2 Å². The molecule has 0 aromatic heterocycles. The third-order valence-electron chi connectivity index (χ3n) is 1.83. The van der Waals surface area contributed by atoms with Crippen LogP contribution in [-0.2, 0) is 6.61 Å². The maximum absolute atomic E-state index is 12.4. The Morgan fingerprint density at radius 1 is 1.36 bits per heavy atom. The van der Waals surface area contributed by atoms with Crippen molar-refractivity contribution in [3.8, 4) is 5.75 Å². The first kappa shape index (κ1) is 10.9. The van der Waals surface area contributed by atoms with E-state index >= 15 is 0 Å². The lowest BCUT2D eigenvalue weighted by atomic mass is 9.79. The number of rotatable bonds is 3. The summed E-state index contributed by atoms with van der Waals surface area (Å²) in [4.78, 5) is 0. The average Bonchev–Trinajstić information content (AvgIpc) is 2.15. The Kier molecular flexibility index (Phi) is 3.05. The van der Waals surface area contributed by atoms with Gasteiger partial charge in [-0.1, -0.05) is 17.6 Å². The van der Waals surface area contributed by atoms with Gasteiger partial charge in [0.1, 0.15) is 0 Å². The van der Waals surface area contributed by atoms with Crippen LogP contribution in [0.5, 0.6) is 5.75 Å².